The SMILES string of the molecule is Cn1c(C(=O)SCCCCCCCCSC(=O)c2nc3ccccc3n2C)nc2ccccc21. The van der Waals surface area contributed by atoms with Gasteiger partial charge in [-0.05, 0) is 37.1 Å². The molecule has 2 aromatic carbocycles. The molecule has 0 saturated carbocycles. The molecule has 0 amide bonds. The number of thioether (sulfide) groups is 2. The van der Waals surface area contributed by atoms with Crippen LogP contribution in [0.4, 0.5) is 0 Å². The molecule has 2 aromatic heterocycles. The first-order valence-corrected chi connectivity index (χ1v) is 13.7. The molecule has 0 unspecified atom stereocenters. The van der Waals surface area contributed by atoms with Gasteiger partial charge in [0.1, 0.15) is 0 Å². The number of rotatable bonds is 11. The Hall–Kier alpha value is -2.58. The summed E-state index contributed by atoms with van der Waals surface area (Å²) in [6.07, 6.45) is 6.61. The number of hydrogen-bond donors (Lipinski definition) is 0. The Morgan fingerprint density at radius 2 is 1.03 bits per heavy atom. The average Bonchev–Trinajstić information content (AvgIpc) is 3.37. The number of unbranched alkanes of at least 4 members (excludes halogenated alkanes) is 5. The van der Waals surface area contributed by atoms with Crippen LogP contribution in [0.15, 0.2) is 48.5 Å². The number of aryl methyl sites for hydroxylation is 2. The Morgan fingerprint density at radius 3 is 1.44 bits per heavy atom. The molecular weight excluding hydrogens is 464 g/mol. The Balaban J connectivity index is 1.07. The second-order valence-electron chi connectivity index (χ2n) is 8.36. The summed E-state index contributed by atoms with van der Waals surface area (Å²) in [4.78, 5) is 34.0. The highest BCUT2D eigenvalue weighted by atomic mass is 32.2. The van der Waals surface area contributed by atoms with Crippen LogP contribution in [0, 0.1) is 0 Å². The minimum absolute atomic E-state index is 0.0426. The van der Waals surface area contributed by atoms with Crippen LogP contribution in [0.1, 0.15) is 59.8 Å². The highest BCUT2D eigenvalue weighted by Gasteiger charge is 2.16. The number of benzene rings is 2. The van der Waals surface area contributed by atoms with E-state index in [1.165, 1.54) is 23.5 Å². The lowest BCUT2D eigenvalue weighted by Crippen LogP contribution is -2.04. The van der Waals surface area contributed by atoms with Crippen molar-refractivity contribution in [3.05, 3.63) is 60.2 Å². The molecule has 2 heterocycles. The number of carbonyl (C=O) groups excluding carboxylic acids is 2. The smallest absolute Gasteiger partial charge is 0.254 e. The molecule has 178 valence electrons. The van der Waals surface area contributed by atoms with Gasteiger partial charge < -0.3 is 9.13 Å². The Morgan fingerprint density at radius 1 is 0.647 bits per heavy atom. The zero-order valence-corrected chi connectivity index (χ0v) is 21.3. The van der Waals surface area contributed by atoms with Crippen LogP contribution in [0.3, 0.4) is 0 Å². The minimum atomic E-state index is 0.0426. The maximum atomic E-state index is 12.5. The van der Waals surface area contributed by atoms with Crippen LogP contribution in [0.25, 0.3) is 22.1 Å². The van der Waals surface area contributed by atoms with E-state index < -0.39 is 0 Å². The summed E-state index contributed by atoms with van der Waals surface area (Å²) in [6.45, 7) is 0. The Kier molecular flexibility index (Phi) is 8.45. The fraction of sp³-hybridized carbons (Fsp3) is 0.385. The average molecular weight is 495 g/mol. The third-order valence-corrected chi connectivity index (χ3v) is 7.82. The first-order valence-electron chi connectivity index (χ1n) is 11.7. The van der Waals surface area contributed by atoms with Crippen molar-refractivity contribution in [1.82, 2.24) is 19.1 Å². The Bertz CT molecular complexity index is 1190. The molecule has 0 saturated heterocycles. The lowest BCUT2D eigenvalue weighted by Gasteiger charge is -2.04. The van der Waals surface area contributed by atoms with Crippen molar-refractivity contribution in [3.8, 4) is 0 Å². The van der Waals surface area contributed by atoms with Crippen molar-refractivity contribution in [1.29, 1.82) is 0 Å². The number of hydrogen-bond acceptors (Lipinski definition) is 6. The van der Waals surface area contributed by atoms with Crippen molar-refractivity contribution in [3.63, 3.8) is 0 Å². The van der Waals surface area contributed by atoms with Gasteiger partial charge in [0, 0.05) is 25.6 Å². The predicted molar refractivity (Wildman–Crippen MR) is 143 cm³/mol. The van der Waals surface area contributed by atoms with Crippen molar-refractivity contribution >= 4 is 55.8 Å². The van der Waals surface area contributed by atoms with Crippen LogP contribution in [0.5, 0.6) is 0 Å². The molecule has 0 N–H and O–H groups in total. The van der Waals surface area contributed by atoms with Gasteiger partial charge in [0.15, 0.2) is 11.6 Å². The Labute approximate surface area is 208 Å². The summed E-state index contributed by atoms with van der Waals surface area (Å²) >= 11 is 2.73. The van der Waals surface area contributed by atoms with Crippen molar-refractivity contribution in [2.24, 2.45) is 14.1 Å². The summed E-state index contributed by atoms with van der Waals surface area (Å²) in [6, 6.07) is 15.6. The predicted octanol–water partition coefficient (Wildman–Crippen LogP) is 6.25. The molecule has 0 bridgehead atoms. The molecule has 0 aliphatic carbocycles. The van der Waals surface area contributed by atoms with E-state index in [0.717, 1.165) is 72.1 Å². The molecule has 0 radical (unpaired) electrons. The van der Waals surface area contributed by atoms with Crippen molar-refractivity contribution < 1.29 is 9.59 Å². The minimum Gasteiger partial charge on any atom is -0.324 e. The zero-order chi connectivity index (χ0) is 23.9. The summed E-state index contributed by atoms with van der Waals surface area (Å²) < 4.78 is 3.76. The largest absolute Gasteiger partial charge is 0.324 e. The number of aromatic nitrogens is 4. The molecule has 4 aromatic rings. The van der Waals surface area contributed by atoms with Gasteiger partial charge in [-0.1, -0.05) is 73.5 Å². The quantitative estimate of drug-likeness (QED) is 0.230. The van der Waals surface area contributed by atoms with Crippen molar-refractivity contribution in [2.45, 2.75) is 38.5 Å². The van der Waals surface area contributed by atoms with Gasteiger partial charge in [0.05, 0.1) is 22.1 Å². The van der Waals surface area contributed by atoms with Gasteiger partial charge in [-0.15, -0.1) is 0 Å². The molecular formula is C26H30N4O2S2. The molecule has 0 aliphatic heterocycles. The monoisotopic (exact) mass is 494 g/mol. The molecule has 0 spiro atoms. The van der Waals surface area contributed by atoms with Crippen LogP contribution in [-0.4, -0.2) is 40.8 Å². The lowest BCUT2D eigenvalue weighted by atomic mass is 10.1. The number of imidazole rings is 2. The normalized spacial score (nSPS) is 11.5. The summed E-state index contributed by atoms with van der Waals surface area (Å²) in [7, 11) is 3.79. The standard InChI is InChI=1S/C26H30N4O2S2/c1-29-21-15-9-7-13-19(21)27-23(29)25(31)33-17-11-5-3-4-6-12-18-34-26(32)24-28-20-14-8-10-16-22(20)30(24)2/h7-10,13-16H,3-6,11-12,17-18H2,1-2H3. The topological polar surface area (TPSA) is 69.8 Å². The van der Waals surface area contributed by atoms with Crippen LogP contribution >= 0.6 is 23.5 Å². The van der Waals surface area contributed by atoms with Crippen LogP contribution in [0.2, 0.25) is 0 Å². The first kappa shape index (κ1) is 24.5. The third-order valence-electron chi connectivity index (χ3n) is 5.94. The van der Waals surface area contributed by atoms with E-state index in [0.29, 0.717) is 11.6 Å². The number of nitrogens with zero attached hydrogens (tertiary/aromatic N) is 4. The van der Waals surface area contributed by atoms with Gasteiger partial charge in [0.2, 0.25) is 0 Å². The molecule has 6 nitrogen and oxygen atoms in total. The van der Waals surface area contributed by atoms with Gasteiger partial charge in [-0.2, -0.15) is 0 Å². The van der Waals surface area contributed by atoms with Crippen LogP contribution < -0.4 is 0 Å². The fourth-order valence-corrected chi connectivity index (χ4v) is 5.72. The lowest BCUT2D eigenvalue weighted by molar-refractivity contribution is 0.107. The van der Waals surface area contributed by atoms with E-state index in [1.807, 2.05) is 71.8 Å². The maximum absolute atomic E-state index is 12.5. The van der Waals surface area contributed by atoms with E-state index >= 15 is 0 Å². The summed E-state index contributed by atoms with van der Waals surface area (Å²) in [5, 5.41) is 0.0852. The van der Waals surface area contributed by atoms with E-state index in [1.54, 1.807) is 0 Å². The second kappa shape index (κ2) is 11.7. The maximum Gasteiger partial charge on any atom is 0.254 e. The highest BCUT2D eigenvalue weighted by molar-refractivity contribution is 8.14. The van der Waals surface area contributed by atoms with Crippen molar-refractivity contribution in [2.75, 3.05) is 11.5 Å². The summed E-state index contributed by atoms with van der Waals surface area (Å²) in [5.41, 5.74) is 3.70. The molecule has 34 heavy (non-hydrogen) atoms. The van der Waals surface area contributed by atoms with Gasteiger partial charge >= 0.3 is 0 Å². The third kappa shape index (κ3) is 5.73. The molecule has 0 aliphatic rings. The van der Waals surface area contributed by atoms with E-state index in [9.17, 15) is 9.59 Å². The van der Waals surface area contributed by atoms with Crippen LogP contribution in [-0.2, 0) is 14.1 Å². The van der Waals surface area contributed by atoms with E-state index in [4.69, 9.17) is 0 Å². The fourth-order valence-electron chi connectivity index (χ4n) is 4.03. The first-order chi connectivity index (χ1) is 16.6. The molecule has 0 atom stereocenters. The van der Waals surface area contributed by atoms with Gasteiger partial charge in [-0.25, -0.2) is 9.97 Å². The zero-order valence-electron chi connectivity index (χ0n) is 19.7. The number of para-hydroxylation sites is 4. The summed E-state index contributed by atoms with van der Waals surface area (Å²) in [5.74, 6) is 2.70. The number of fused-ring (bicyclic) bond motifs is 2. The molecule has 8 heteroatoms. The highest BCUT2D eigenvalue weighted by Crippen LogP contribution is 2.21. The van der Waals surface area contributed by atoms with E-state index in [-0.39, 0.29) is 10.2 Å². The molecule has 0 fully saturated rings. The number of carbonyl (C=O) groups is 2. The van der Waals surface area contributed by atoms with E-state index in [2.05, 4.69) is 9.97 Å². The second-order valence-corrected chi connectivity index (χ2v) is 10.5. The van der Waals surface area contributed by atoms with Gasteiger partial charge in [0.25, 0.3) is 10.2 Å². The van der Waals surface area contributed by atoms with Gasteiger partial charge in [-0.3, -0.25) is 9.59 Å². The molecule has 4 rings (SSSR count).